The highest BCUT2D eigenvalue weighted by atomic mass is 35.5. The molecule has 0 atom stereocenters. The topological polar surface area (TPSA) is 73.1 Å². The van der Waals surface area contributed by atoms with Gasteiger partial charge in [0.15, 0.2) is 5.69 Å². The van der Waals surface area contributed by atoms with Gasteiger partial charge in [-0.05, 0) is 12.1 Å². The van der Waals surface area contributed by atoms with Crippen LogP contribution in [0, 0.1) is 0 Å². The Morgan fingerprint density at radius 1 is 1.33 bits per heavy atom. The van der Waals surface area contributed by atoms with Gasteiger partial charge < -0.3 is 0 Å². The van der Waals surface area contributed by atoms with Crippen molar-refractivity contribution in [1.29, 1.82) is 0 Å². The number of primary sulfonamides is 1. The fraction of sp³-hybridized carbons (Fsp3) is 0.167. The van der Waals surface area contributed by atoms with Gasteiger partial charge in [-0.3, -0.25) is 0 Å². The molecule has 0 aliphatic heterocycles. The van der Waals surface area contributed by atoms with Crippen LogP contribution in [0.2, 0.25) is 5.15 Å². The quantitative estimate of drug-likeness (QED) is 0.776. The number of aromatic nitrogens is 1. The van der Waals surface area contributed by atoms with E-state index in [0.29, 0.717) is 6.07 Å². The Balaban J connectivity index is 3.55. The molecule has 84 valence electrons. The van der Waals surface area contributed by atoms with Gasteiger partial charge in [-0.1, -0.05) is 11.6 Å². The van der Waals surface area contributed by atoms with Gasteiger partial charge >= 0.3 is 6.18 Å². The molecule has 0 unspecified atom stereocenters. The van der Waals surface area contributed by atoms with Crippen molar-refractivity contribution in [2.24, 2.45) is 5.14 Å². The van der Waals surface area contributed by atoms with Gasteiger partial charge in [-0.15, -0.1) is 0 Å². The van der Waals surface area contributed by atoms with Crippen LogP contribution in [0.5, 0.6) is 0 Å². The molecule has 1 heterocycles. The highest BCUT2D eigenvalue weighted by molar-refractivity contribution is 7.89. The molecule has 2 N–H and O–H groups in total. The maximum Gasteiger partial charge on any atom is 0.434 e. The highest BCUT2D eigenvalue weighted by Crippen LogP contribution is 2.32. The maximum absolute atomic E-state index is 12.3. The molecule has 1 aromatic rings. The van der Waals surface area contributed by atoms with Gasteiger partial charge in [-0.2, -0.15) is 13.2 Å². The summed E-state index contributed by atoms with van der Waals surface area (Å²) >= 11 is 5.23. The molecule has 0 spiro atoms. The molecule has 0 amide bonds. The van der Waals surface area contributed by atoms with Gasteiger partial charge in [0.25, 0.3) is 0 Å². The van der Waals surface area contributed by atoms with Gasteiger partial charge in [0.1, 0.15) is 10.0 Å². The van der Waals surface area contributed by atoms with Gasteiger partial charge in [0.2, 0.25) is 10.0 Å². The third kappa shape index (κ3) is 2.80. The van der Waals surface area contributed by atoms with Crippen LogP contribution in [0.4, 0.5) is 13.2 Å². The number of nitrogens with two attached hydrogens (primary N) is 1. The van der Waals surface area contributed by atoms with Crippen LogP contribution in [-0.4, -0.2) is 13.4 Å². The van der Waals surface area contributed by atoms with Crippen LogP contribution in [0.25, 0.3) is 0 Å². The van der Waals surface area contributed by atoms with Crippen molar-refractivity contribution in [2.45, 2.75) is 11.1 Å². The molecule has 4 nitrogen and oxygen atoms in total. The molecule has 9 heteroatoms. The van der Waals surface area contributed by atoms with E-state index in [2.05, 4.69) is 10.1 Å². The number of sulfonamides is 1. The minimum absolute atomic E-state index is 0.463. The van der Waals surface area contributed by atoms with Gasteiger partial charge in [-0.25, -0.2) is 18.5 Å². The van der Waals surface area contributed by atoms with Crippen molar-refractivity contribution in [2.75, 3.05) is 0 Å². The normalized spacial score (nSPS) is 12.9. The van der Waals surface area contributed by atoms with Crippen molar-refractivity contribution in [3.8, 4) is 0 Å². The van der Waals surface area contributed by atoms with Crippen LogP contribution in [0.1, 0.15) is 5.69 Å². The van der Waals surface area contributed by atoms with Crippen molar-refractivity contribution < 1.29 is 21.6 Å². The van der Waals surface area contributed by atoms with Crippen molar-refractivity contribution >= 4 is 21.6 Å². The first-order valence-corrected chi connectivity index (χ1v) is 5.31. The monoisotopic (exact) mass is 260 g/mol. The van der Waals surface area contributed by atoms with Crippen LogP contribution in [0.3, 0.4) is 0 Å². The molecule has 0 fully saturated rings. The molecule has 0 aliphatic carbocycles. The van der Waals surface area contributed by atoms with E-state index in [9.17, 15) is 21.6 Å². The number of hydrogen-bond acceptors (Lipinski definition) is 3. The lowest BCUT2D eigenvalue weighted by atomic mass is 10.3. The number of hydrogen-bond donors (Lipinski definition) is 1. The van der Waals surface area contributed by atoms with E-state index in [1.54, 1.807) is 0 Å². The Labute approximate surface area is 87.9 Å². The van der Waals surface area contributed by atoms with Crippen molar-refractivity contribution in [1.82, 2.24) is 4.98 Å². The number of rotatable bonds is 1. The maximum atomic E-state index is 12.3. The first-order chi connectivity index (χ1) is 6.62. The third-order valence-electron chi connectivity index (χ3n) is 1.40. The smallest absolute Gasteiger partial charge is 0.230 e. The van der Waals surface area contributed by atoms with E-state index < -0.39 is 31.9 Å². The Morgan fingerprint density at radius 3 is 2.27 bits per heavy atom. The minimum atomic E-state index is -4.92. The first kappa shape index (κ1) is 12.2. The second-order valence-electron chi connectivity index (χ2n) is 2.52. The zero-order valence-corrected chi connectivity index (χ0v) is 8.49. The molecule has 0 radical (unpaired) electrons. The summed E-state index contributed by atoms with van der Waals surface area (Å²) in [6.07, 6.45) is -4.92. The molecule has 0 saturated heterocycles. The zero-order chi connectivity index (χ0) is 11.9. The SMILES string of the molecule is NS(=O)(=O)c1ccc(Cl)nc1C(F)(F)F. The fourth-order valence-corrected chi connectivity index (χ4v) is 1.69. The molecular weight excluding hydrogens is 257 g/mol. The highest BCUT2D eigenvalue weighted by Gasteiger charge is 2.38. The number of pyridine rings is 1. The largest absolute Gasteiger partial charge is 0.434 e. The number of halogens is 4. The molecule has 0 aliphatic rings. The molecule has 1 aromatic heterocycles. The second-order valence-corrected chi connectivity index (χ2v) is 4.44. The Hall–Kier alpha value is -0.860. The molecular formula is C6H4ClF3N2O2S. The third-order valence-corrected chi connectivity index (χ3v) is 2.55. The second kappa shape index (κ2) is 3.62. The van der Waals surface area contributed by atoms with E-state index in [0.717, 1.165) is 6.07 Å². The predicted molar refractivity (Wildman–Crippen MR) is 45.6 cm³/mol. The molecule has 0 bridgehead atoms. The number of nitrogens with zero attached hydrogens (tertiary/aromatic N) is 1. The zero-order valence-electron chi connectivity index (χ0n) is 6.92. The lowest BCUT2D eigenvalue weighted by Crippen LogP contribution is -2.20. The van der Waals surface area contributed by atoms with Crippen LogP contribution >= 0.6 is 11.6 Å². The fourth-order valence-electron chi connectivity index (χ4n) is 0.855. The summed E-state index contributed by atoms with van der Waals surface area (Å²) in [7, 11) is -4.47. The van der Waals surface area contributed by atoms with E-state index >= 15 is 0 Å². The summed E-state index contributed by atoms with van der Waals surface area (Å²) in [5.41, 5.74) is -1.61. The van der Waals surface area contributed by atoms with Crippen molar-refractivity contribution in [3.63, 3.8) is 0 Å². The standard InChI is InChI=1S/C6H4ClF3N2O2S/c7-4-2-1-3(15(11,13)14)5(12-4)6(8,9)10/h1-2H,(H2,11,13,14). The lowest BCUT2D eigenvalue weighted by molar-refractivity contribution is -0.143. The predicted octanol–water partition coefficient (Wildman–Crippen LogP) is 1.40. The minimum Gasteiger partial charge on any atom is -0.230 e. The summed E-state index contributed by atoms with van der Waals surface area (Å²) in [4.78, 5) is 1.79. The Morgan fingerprint density at radius 2 is 1.87 bits per heavy atom. The van der Waals surface area contributed by atoms with E-state index in [-0.39, 0.29) is 0 Å². The van der Waals surface area contributed by atoms with Gasteiger partial charge in [0, 0.05) is 0 Å². The summed E-state index contributed by atoms with van der Waals surface area (Å²) in [6.45, 7) is 0. The van der Waals surface area contributed by atoms with Crippen molar-refractivity contribution in [3.05, 3.63) is 23.0 Å². The molecule has 15 heavy (non-hydrogen) atoms. The summed E-state index contributed by atoms with van der Waals surface area (Å²) in [5, 5.41) is 4.13. The Bertz CT molecular complexity index is 486. The van der Waals surface area contributed by atoms with Crippen LogP contribution < -0.4 is 5.14 Å². The van der Waals surface area contributed by atoms with E-state index in [4.69, 9.17) is 11.6 Å². The van der Waals surface area contributed by atoms with Gasteiger partial charge in [0.05, 0.1) is 0 Å². The summed E-state index contributed by atoms with van der Waals surface area (Å²) in [6, 6.07) is 1.57. The summed E-state index contributed by atoms with van der Waals surface area (Å²) < 4.78 is 58.6. The molecule has 0 saturated carbocycles. The molecule has 0 aromatic carbocycles. The number of alkyl halides is 3. The van der Waals surface area contributed by atoms with Crippen LogP contribution in [0.15, 0.2) is 17.0 Å². The lowest BCUT2D eigenvalue weighted by Gasteiger charge is -2.09. The van der Waals surface area contributed by atoms with E-state index in [1.807, 2.05) is 0 Å². The summed E-state index contributed by atoms with van der Waals surface area (Å²) in [5.74, 6) is 0. The first-order valence-electron chi connectivity index (χ1n) is 3.39. The average molecular weight is 261 g/mol. The van der Waals surface area contributed by atoms with Crippen LogP contribution in [-0.2, 0) is 16.2 Å². The molecule has 1 rings (SSSR count). The average Bonchev–Trinajstić information content (AvgIpc) is 2.00. The van der Waals surface area contributed by atoms with E-state index in [1.165, 1.54) is 0 Å². The Kier molecular flexibility index (Phi) is 2.94.